The standard InChI is InChI=1S/C12H16FN/c1-3-4-7-14-9-11-6-5-10(2)12(13)8-11/h3,5-6,8,14H,1,4,7,9H2,2H3. The van der Waals surface area contributed by atoms with Crippen LogP contribution in [0.15, 0.2) is 30.9 Å². The maximum atomic E-state index is 13.1. The predicted octanol–water partition coefficient (Wildman–Crippen LogP) is 2.80. The molecule has 1 nitrogen and oxygen atoms in total. The summed E-state index contributed by atoms with van der Waals surface area (Å²) in [5, 5.41) is 3.21. The lowest BCUT2D eigenvalue weighted by atomic mass is 10.1. The van der Waals surface area contributed by atoms with Gasteiger partial charge in [0, 0.05) is 6.54 Å². The van der Waals surface area contributed by atoms with Gasteiger partial charge in [-0.2, -0.15) is 0 Å². The highest BCUT2D eigenvalue weighted by molar-refractivity contribution is 5.23. The molecule has 1 aromatic rings. The minimum Gasteiger partial charge on any atom is -0.312 e. The lowest BCUT2D eigenvalue weighted by Gasteiger charge is -2.04. The first-order valence-electron chi connectivity index (χ1n) is 4.80. The maximum Gasteiger partial charge on any atom is 0.126 e. The summed E-state index contributed by atoms with van der Waals surface area (Å²) in [5.41, 5.74) is 1.68. The van der Waals surface area contributed by atoms with Crippen LogP contribution in [-0.4, -0.2) is 6.54 Å². The average molecular weight is 193 g/mol. The van der Waals surface area contributed by atoms with E-state index in [1.165, 1.54) is 0 Å². The van der Waals surface area contributed by atoms with E-state index in [4.69, 9.17) is 0 Å². The van der Waals surface area contributed by atoms with E-state index in [9.17, 15) is 4.39 Å². The first-order valence-corrected chi connectivity index (χ1v) is 4.80. The molecule has 0 amide bonds. The zero-order valence-corrected chi connectivity index (χ0v) is 8.52. The molecule has 76 valence electrons. The highest BCUT2D eigenvalue weighted by Gasteiger charge is 1.98. The molecule has 2 heteroatoms. The predicted molar refractivity (Wildman–Crippen MR) is 57.7 cm³/mol. The van der Waals surface area contributed by atoms with Crippen LogP contribution in [0.1, 0.15) is 17.5 Å². The number of nitrogens with one attached hydrogen (secondary N) is 1. The number of hydrogen-bond donors (Lipinski definition) is 1. The van der Waals surface area contributed by atoms with Crippen LogP contribution in [0.3, 0.4) is 0 Å². The smallest absolute Gasteiger partial charge is 0.126 e. The van der Waals surface area contributed by atoms with Gasteiger partial charge in [0.05, 0.1) is 0 Å². The highest BCUT2D eigenvalue weighted by Crippen LogP contribution is 2.08. The SMILES string of the molecule is C=CCCNCc1ccc(C)c(F)c1. The molecule has 0 spiro atoms. The normalized spacial score (nSPS) is 10.1. The van der Waals surface area contributed by atoms with Gasteiger partial charge in [0.2, 0.25) is 0 Å². The topological polar surface area (TPSA) is 12.0 Å². The van der Waals surface area contributed by atoms with Gasteiger partial charge in [-0.05, 0) is 37.1 Å². The van der Waals surface area contributed by atoms with Gasteiger partial charge < -0.3 is 5.32 Å². The van der Waals surface area contributed by atoms with Crippen molar-refractivity contribution in [3.05, 3.63) is 47.8 Å². The summed E-state index contributed by atoms with van der Waals surface area (Å²) < 4.78 is 13.1. The lowest BCUT2D eigenvalue weighted by molar-refractivity contribution is 0.612. The first-order chi connectivity index (χ1) is 6.74. The number of rotatable bonds is 5. The van der Waals surface area contributed by atoms with Gasteiger partial charge in [-0.15, -0.1) is 6.58 Å². The fraction of sp³-hybridized carbons (Fsp3) is 0.333. The van der Waals surface area contributed by atoms with E-state index in [0.29, 0.717) is 12.1 Å². The minimum absolute atomic E-state index is 0.131. The van der Waals surface area contributed by atoms with Crippen molar-refractivity contribution in [1.29, 1.82) is 0 Å². The summed E-state index contributed by atoms with van der Waals surface area (Å²) in [5.74, 6) is -0.131. The summed E-state index contributed by atoms with van der Waals surface area (Å²) in [7, 11) is 0. The zero-order chi connectivity index (χ0) is 10.4. The van der Waals surface area contributed by atoms with Crippen LogP contribution in [0, 0.1) is 12.7 Å². The van der Waals surface area contributed by atoms with Gasteiger partial charge in [0.25, 0.3) is 0 Å². The van der Waals surface area contributed by atoms with E-state index in [1.54, 1.807) is 19.1 Å². The number of hydrogen-bond acceptors (Lipinski definition) is 1. The molecular weight excluding hydrogens is 177 g/mol. The molecular formula is C12H16FN. The van der Waals surface area contributed by atoms with Crippen LogP contribution >= 0.6 is 0 Å². The van der Waals surface area contributed by atoms with Crippen molar-refractivity contribution in [3.63, 3.8) is 0 Å². The third-order valence-corrected chi connectivity index (χ3v) is 2.09. The Morgan fingerprint density at radius 1 is 1.50 bits per heavy atom. The van der Waals surface area contributed by atoms with Crippen molar-refractivity contribution in [1.82, 2.24) is 5.32 Å². The Balaban J connectivity index is 2.43. The van der Waals surface area contributed by atoms with Crippen LogP contribution in [-0.2, 0) is 6.54 Å². The molecule has 0 saturated carbocycles. The van der Waals surface area contributed by atoms with Crippen molar-refractivity contribution in [3.8, 4) is 0 Å². The van der Waals surface area contributed by atoms with E-state index in [2.05, 4.69) is 11.9 Å². The van der Waals surface area contributed by atoms with E-state index >= 15 is 0 Å². The molecule has 1 rings (SSSR count). The average Bonchev–Trinajstić information content (AvgIpc) is 2.18. The van der Waals surface area contributed by atoms with Crippen molar-refractivity contribution >= 4 is 0 Å². The molecule has 0 aliphatic heterocycles. The molecule has 0 atom stereocenters. The van der Waals surface area contributed by atoms with Crippen LogP contribution in [0.5, 0.6) is 0 Å². The van der Waals surface area contributed by atoms with Crippen LogP contribution in [0.25, 0.3) is 0 Å². The summed E-state index contributed by atoms with van der Waals surface area (Å²) in [6, 6.07) is 5.33. The Bertz CT molecular complexity index is 307. The second kappa shape index (κ2) is 5.55. The van der Waals surface area contributed by atoms with E-state index in [-0.39, 0.29) is 5.82 Å². The molecule has 0 radical (unpaired) electrons. The minimum atomic E-state index is -0.131. The highest BCUT2D eigenvalue weighted by atomic mass is 19.1. The second-order valence-electron chi connectivity index (χ2n) is 3.34. The largest absolute Gasteiger partial charge is 0.312 e. The van der Waals surface area contributed by atoms with E-state index < -0.39 is 0 Å². The first kappa shape index (κ1) is 10.9. The van der Waals surface area contributed by atoms with Crippen molar-refractivity contribution in [2.75, 3.05) is 6.54 Å². The second-order valence-corrected chi connectivity index (χ2v) is 3.34. The van der Waals surface area contributed by atoms with Gasteiger partial charge in [-0.25, -0.2) is 4.39 Å². The molecule has 0 fully saturated rings. The van der Waals surface area contributed by atoms with Crippen LogP contribution < -0.4 is 5.32 Å². The number of benzene rings is 1. The molecule has 0 heterocycles. The molecule has 0 bridgehead atoms. The number of halogens is 1. The number of aryl methyl sites for hydroxylation is 1. The van der Waals surface area contributed by atoms with E-state index in [1.807, 2.05) is 12.1 Å². The fourth-order valence-electron chi connectivity index (χ4n) is 1.18. The lowest BCUT2D eigenvalue weighted by Crippen LogP contribution is -2.14. The Kier molecular flexibility index (Phi) is 4.33. The molecule has 1 aromatic carbocycles. The monoisotopic (exact) mass is 193 g/mol. The van der Waals surface area contributed by atoms with Gasteiger partial charge in [-0.1, -0.05) is 18.2 Å². The molecule has 0 aromatic heterocycles. The van der Waals surface area contributed by atoms with Crippen molar-refractivity contribution in [2.24, 2.45) is 0 Å². The summed E-state index contributed by atoms with van der Waals surface area (Å²) >= 11 is 0. The Labute approximate surface area is 84.6 Å². The van der Waals surface area contributed by atoms with Crippen molar-refractivity contribution < 1.29 is 4.39 Å². The molecule has 14 heavy (non-hydrogen) atoms. The summed E-state index contributed by atoms with van der Waals surface area (Å²) in [4.78, 5) is 0. The fourth-order valence-corrected chi connectivity index (χ4v) is 1.18. The van der Waals surface area contributed by atoms with Gasteiger partial charge >= 0.3 is 0 Å². The summed E-state index contributed by atoms with van der Waals surface area (Å²) in [6.07, 6.45) is 2.80. The third kappa shape index (κ3) is 3.30. The Morgan fingerprint density at radius 2 is 2.29 bits per heavy atom. The van der Waals surface area contributed by atoms with Crippen LogP contribution in [0.4, 0.5) is 4.39 Å². The Hall–Kier alpha value is -1.15. The van der Waals surface area contributed by atoms with Gasteiger partial charge in [0.15, 0.2) is 0 Å². The van der Waals surface area contributed by atoms with Gasteiger partial charge in [-0.3, -0.25) is 0 Å². The molecule has 0 unspecified atom stereocenters. The van der Waals surface area contributed by atoms with Gasteiger partial charge in [0.1, 0.15) is 5.82 Å². The molecule has 0 saturated heterocycles. The molecule has 0 aliphatic carbocycles. The quantitative estimate of drug-likeness (QED) is 0.560. The third-order valence-electron chi connectivity index (χ3n) is 2.09. The molecule has 1 N–H and O–H groups in total. The van der Waals surface area contributed by atoms with Crippen molar-refractivity contribution in [2.45, 2.75) is 19.9 Å². The molecule has 0 aliphatic rings. The zero-order valence-electron chi connectivity index (χ0n) is 8.52. The van der Waals surface area contributed by atoms with Crippen LogP contribution in [0.2, 0.25) is 0 Å². The summed E-state index contributed by atoms with van der Waals surface area (Å²) in [6.45, 7) is 7.00. The Morgan fingerprint density at radius 3 is 2.93 bits per heavy atom. The van der Waals surface area contributed by atoms with E-state index in [0.717, 1.165) is 18.5 Å². The maximum absolute atomic E-state index is 13.1.